The Morgan fingerprint density at radius 1 is 0.969 bits per heavy atom. The van der Waals surface area contributed by atoms with E-state index < -0.39 is 0 Å². The quantitative estimate of drug-likeness (QED) is 0.494. The van der Waals surface area contributed by atoms with Gasteiger partial charge in [-0.15, -0.1) is 0 Å². The lowest BCUT2D eigenvalue weighted by molar-refractivity contribution is 0.356. The van der Waals surface area contributed by atoms with E-state index in [2.05, 4.69) is 20.1 Å². The van der Waals surface area contributed by atoms with Crippen molar-refractivity contribution in [3.8, 4) is 22.9 Å². The minimum Gasteiger partial charge on any atom is -0.493 e. The van der Waals surface area contributed by atoms with E-state index in [9.17, 15) is 0 Å². The van der Waals surface area contributed by atoms with Crippen molar-refractivity contribution in [1.29, 1.82) is 0 Å². The smallest absolute Gasteiger partial charge is 0.227 e. The lowest BCUT2D eigenvalue weighted by Crippen LogP contribution is -2.34. The molecule has 9 nitrogen and oxygen atoms in total. The summed E-state index contributed by atoms with van der Waals surface area (Å²) < 4.78 is 10.8. The van der Waals surface area contributed by atoms with Crippen LogP contribution < -0.4 is 20.1 Å². The van der Waals surface area contributed by atoms with Crippen molar-refractivity contribution in [1.82, 2.24) is 25.1 Å². The van der Waals surface area contributed by atoms with Crippen molar-refractivity contribution >= 4 is 22.7 Å². The minimum absolute atomic E-state index is 0.318. The van der Waals surface area contributed by atoms with Gasteiger partial charge >= 0.3 is 0 Å². The summed E-state index contributed by atoms with van der Waals surface area (Å²) in [4.78, 5) is 16.2. The number of anilines is 2. The molecule has 1 aliphatic heterocycles. The fourth-order valence-electron chi connectivity index (χ4n) is 4.13. The number of nitrogens with zero attached hydrogens (tertiary/aromatic N) is 5. The average Bonchev–Trinajstić information content (AvgIpc) is 3.34. The molecule has 1 saturated heterocycles. The molecule has 0 atom stereocenters. The number of nitrogens with one attached hydrogen (secondary N) is 1. The summed E-state index contributed by atoms with van der Waals surface area (Å²) in [5, 5.41) is 8.28. The third kappa shape index (κ3) is 3.66. The molecule has 1 fully saturated rings. The van der Waals surface area contributed by atoms with Gasteiger partial charge in [-0.3, -0.25) is 5.10 Å². The number of methoxy groups -OCH3 is 2. The molecule has 0 saturated carbocycles. The van der Waals surface area contributed by atoms with Crippen LogP contribution >= 0.6 is 0 Å². The van der Waals surface area contributed by atoms with Gasteiger partial charge in [0.15, 0.2) is 17.3 Å². The first-order valence-corrected chi connectivity index (χ1v) is 10.6. The number of aromatic amines is 1. The summed E-state index contributed by atoms with van der Waals surface area (Å²) in [7, 11) is 3.20. The van der Waals surface area contributed by atoms with Gasteiger partial charge < -0.3 is 20.1 Å². The molecule has 9 heteroatoms. The van der Waals surface area contributed by atoms with Gasteiger partial charge in [-0.1, -0.05) is 30.3 Å². The normalized spacial score (nSPS) is 14.6. The first-order valence-electron chi connectivity index (χ1n) is 10.6. The molecule has 0 unspecified atom stereocenters. The fourth-order valence-corrected chi connectivity index (χ4v) is 4.13. The number of nitrogens with two attached hydrogens (primary N) is 1. The molecule has 3 N–H and O–H groups in total. The van der Waals surface area contributed by atoms with Crippen LogP contribution in [0.4, 0.5) is 11.8 Å². The van der Waals surface area contributed by atoms with Gasteiger partial charge in [0.2, 0.25) is 5.95 Å². The Labute approximate surface area is 185 Å². The third-order valence-corrected chi connectivity index (χ3v) is 5.92. The Morgan fingerprint density at radius 3 is 2.41 bits per heavy atom. The van der Waals surface area contributed by atoms with Gasteiger partial charge in [0.1, 0.15) is 11.6 Å². The first-order chi connectivity index (χ1) is 15.7. The van der Waals surface area contributed by atoms with Crippen LogP contribution in [0.25, 0.3) is 22.3 Å². The van der Waals surface area contributed by atoms with Crippen molar-refractivity contribution in [2.24, 2.45) is 0 Å². The van der Waals surface area contributed by atoms with Crippen molar-refractivity contribution in [2.45, 2.75) is 18.8 Å². The number of rotatable bonds is 5. The van der Waals surface area contributed by atoms with Crippen LogP contribution in [0, 0.1) is 0 Å². The summed E-state index contributed by atoms with van der Waals surface area (Å²) in [5.74, 6) is 4.25. The maximum atomic E-state index is 6.26. The molecule has 2 aromatic carbocycles. The van der Waals surface area contributed by atoms with E-state index >= 15 is 0 Å². The Morgan fingerprint density at radius 2 is 1.69 bits per heavy atom. The molecule has 2 aromatic heterocycles. The third-order valence-electron chi connectivity index (χ3n) is 5.92. The molecule has 3 heterocycles. The molecule has 0 radical (unpaired) electrons. The molecule has 1 aliphatic rings. The number of aromatic nitrogens is 5. The number of benzene rings is 2. The van der Waals surface area contributed by atoms with Crippen molar-refractivity contribution in [3.63, 3.8) is 0 Å². The van der Waals surface area contributed by atoms with E-state index in [1.165, 1.54) is 0 Å². The molecule has 5 rings (SSSR count). The minimum atomic E-state index is 0.318. The van der Waals surface area contributed by atoms with Crippen LogP contribution in [0.15, 0.2) is 42.5 Å². The zero-order valence-corrected chi connectivity index (χ0v) is 18.1. The van der Waals surface area contributed by atoms with Gasteiger partial charge in [0.05, 0.1) is 19.7 Å². The van der Waals surface area contributed by atoms with Crippen LogP contribution in [-0.4, -0.2) is 52.5 Å². The highest BCUT2D eigenvalue weighted by atomic mass is 16.5. The maximum absolute atomic E-state index is 6.26. The van der Waals surface area contributed by atoms with Crippen LogP contribution in [-0.2, 0) is 0 Å². The second kappa shape index (κ2) is 8.33. The van der Waals surface area contributed by atoms with Gasteiger partial charge in [-0.05, 0) is 18.9 Å². The van der Waals surface area contributed by atoms with Crippen molar-refractivity contribution in [3.05, 3.63) is 48.3 Å². The van der Waals surface area contributed by atoms with Crippen LogP contribution in [0.2, 0.25) is 0 Å². The Balaban J connectivity index is 1.33. The van der Waals surface area contributed by atoms with Crippen LogP contribution in [0.1, 0.15) is 24.6 Å². The summed E-state index contributed by atoms with van der Waals surface area (Å²) >= 11 is 0. The highest BCUT2D eigenvalue weighted by Crippen LogP contribution is 2.35. The lowest BCUT2D eigenvalue weighted by atomic mass is 9.96. The topological polar surface area (TPSA) is 115 Å². The van der Waals surface area contributed by atoms with Gasteiger partial charge in [-0.2, -0.15) is 10.1 Å². The van der Waals surface area contributed by atoms with Crippen LogP contribution in [0.3, 0.4) is 0 Å². The van der Waals surface area contributed by atoms with Crippen molar-refractivity contribution in [2.75, 3.05) is 37.9 Å². The number of hydrogen-bond donors (Lipinski definition) is 2. The lowest BCUT2D eigenvalue weighted by Gasteiger charge is -2.31. The maximum Gasteiger partial charge on any atom is 0.227 e. The molecule has 0 bridgehead atoms. The summed E-state index contributed by atoms with van der Waals surface area (Å²) in [6, 6.07) is 13.6. The van der Waals surface area contributed by atoms with E-state index in [0.29, 0.717) is 29.2 Å². The van der Waals surface area contributed by atoms with Gasteiger partial charge in [0, 0.05) is 36.0 Å². The highest BCUT2D eigenvalue weighted by molar-refractivity contribution is 5.91. The first kappa shape index (κ1) is 20.0. The number of fused-ring (bicyclic) bond motifs is 1. The predicted molar refractivity (Wildman–Crippen MR) is 123 cm³/mol. The molecular formula is C23H25N7O2. The Hall–Kier alpha value is -3.88. The molecule has 0 spiro atoms. The molecule has 0 aliphatic carbocycles. The average molecular weight is 432 g/mol. The second-order valence-electron chi connectivity index (χ2n) is 7.80. The SMILES string of the molecule is COc1cc2nc(N3CCC(c4nc(-c5ccccc5)n[nH]4)CC3)nc(N)c2cc1OC. The number of nitrogen functional groups attached to an aromatic ring is 1. The zero-order chi connectivity index (χ0) is 22.1. The summed E-state index contributed by atoms with van der Waals surface area (Å²) in [6.45, 7) is 1.62. The van der Waals surface area contributed by atoms with Gasteiger partial charge in [-0.25, -0.2) is 9.97 Å². The van der Waals surface area contributed by atoms with E-state index in [0.717, 1.165) is 54.0 Å². The van der Waals surface area contributed by atoms with Gasteiger partial charge in [0.25, 0.3) is 0 Å². The molecule has 164 valence electrons. The Kier molecular flexibility index (Phi) is 5.22. The second-order valence-corrected chi connectivity index (χ2v) is 7.80. The largest absolute Gasteiger partial charge is 0.493 e. The number of piperidine rings is 1. The molecular weight excluding hydrogens is 406 g/mol. The molecule has 32 heavy (non-hydrogen) atoms. The molecule has 0 amide bonds. The van der Waals surface area contributed by atoms with E-state index in [4.69, 9.17) is 25.2 Å². The van der Waals surface area contributed by atoms with E-state index in [1.807, 2.05) is 42.5 Å². The highest BCUT2D eigenvalue weighted by Gasteiger charge is 2.25. The zero-order valence-electron chi connectivity index (χ0n) is 18.1. The number of hydrogen-bond acceptors (Lipinski definition) is 8. The predicted octanol–water partition coefficient (Wildman–Crippen LogP) is 3.40. The van der Waals surface area contributed by atoms with Crippen molar-refractivity contribution < 1.29 is 9.47 Å². The number of H-pyrrole nitrogens is 1. The monoisotopic (exact) mass is 431 g/mol. The molecule has 4 aromatic rings. The summed E-state index contributed by atoms with van der Waals surface area (Å²) in [6.07, 6.45) is 1.85. The van der Waals surface area contributed by atoms with E-state index in [1.54, 1.807) is 14.2 Å². The summed E-state index contributed by atoms with van der Waals surface area (Å²) in [5.41, 5.74) is 8.00. The standard InChI is InChI=1S/C23H25N7O2/c1-31-18-12-16-17(13-19(18)32-2)25-23(26-20(16)24)30-10-8-15(9-11-30)22-27-21(28-29-22)14-6-4-3-5-7-14/h3-7,12-13,15H,8-11H2,1-2H3,(H2,24,25,26)(H,27,28,29). The van der Waals surface area contributed by atoms with E-state index in [-0.39, 0.29) is 0 Å². The number of ether oxygens (including phenoxy) is 2. The Bertz CT molecular complexity index is 1230. The fraction of sp³-hybridized carbons (Fsp3) is 0.304. The van der Waals surface area contributed by atoms with Crippen LogP contribution in [0.5, 0.6) is 11.5 Å².